The number of aliphatic hydroxyl groups excluding tert-OH is 1. The molecule has 2 saturated carbocycles. The summed E-state index contributed by atoms with van der Waals surface area (Å²) < 4.78 is 8.29. The lowest BCUT2D eigenvalue weighted by Gasteiger charge is -2.34. The lowest BCUT2D eigenvalue weighted by atomic mass is 9.80. The van der Waals surface area contributed by atoms with Crippen LogP contribution in [0.5, 0.6) is 0 Å². The molecule has 6 nitrogen and oxygen atoms in total. The molecular formula is C20H32N4O2. The summed E-state index contributed by atoms with van der Waals surface area (Å²) in [5.41, 5.74) is 0. The highest BCUT2D eigenvalue weighted by Gasteiger charge is 2.43. The molecule has 4 unspecified atom stereocenters. The summed E-state index contributed by atoms with van der Waals surface area (Å²) >= 11 is 0. The minimum absolute atomic E-state index is 0.161. The molecule has 5 rings (SSSR count). The van der Waals surface area contributed by atoms with Crippen LogP contribution in [0, 0.1) is 11.8 Å². The van der Waals surface area contributed by atoms with Crippen LogP contribution in [0.25, 0.3) is 0 Å². The molecule has 144 valence electrons. The fraction of sp³-hybridized carbons (Fsp3) is 0.900. The average molecular weight is 361 g/mol. The molecule has 1 aromatic heterocycles. The molecule has 2 aliphatic carbocycles. The summed E-state index contributed by atoms with van der Waals surface area (Å²) in [4.78, 5) is 2.56. The molecule has 1 aromatic rings. The van der Waals surface area contributed by atoms with E-state index >= 15 is 0 Å². The Bertz CT molecular complexity index is 636. The third-order valence-electron chi connectivity index (χ3n) is 7.30. The largest absolute Gasteiger partial charge is 0.393 e. The highest BCUT2D eigenvalue weighted by Crippen LogP contribution is 2.43. The highest BCUT2D eigenvalue weighted by atomic mass is 16.5. The zero-order chi connectivity index (χ0) is 17.7. The molecule has 0 amide bonds. The van der Waals surface area contributed by atoms with E-state index in [1.54, 1.807) is 0 Å². The summed E-state index contributed by atoms with van der Waals surface area (Å²) in [6, 6.07) is 0.631. The van der Waals surface area contributed by atoms with Gasteiger partial charge in [-0.15, -0.1) is 10.2 Å². The van der Waals surface area contributed by atoms with Crippen LogP contribution in [0.2, 0.25) is 0 Å². The van der Waals surface area contributed by atoms with E-state index in [0.29, 0.717) is 12.0 Å². The van der Waals surface area contributed by atoms with Crippen molar-refractivity contribution in [3.8, 4) is 0 Å². The van der Waals surface area contributed by atoms with Crippen molar-refractivity contribution in [2.45, 2.75) is 89.0 Å². The molecule has 0 bridgehead atoms. The summed E-state index contributed by atoms with van der Waals surface area (Å²) in [5.74, 6) is 4.05. The number of ether oxygens (including phenoxy) is 1. The molecule has 4 atom stereocenters. The van der Waals surface area contributed by atoms with Crippen molar-refractivity contribution < 1.29 is 9.84 Å². The summed E-state index contributed by atoms with van der Waals surface area (Å²) in [7, 11) is 0. The zero-order valence-corrected chi connectivity index (χ0v) is 15.9. The van der Waals surface area contributed by atoms with Crippen LogP contribution in [0.3, 0.4) is 0 Å². The topological polar surface area (TPSA) is 63.4 Å². The Hall–Kier alpha value is -1.14. The standard InChI is InChI=1S/C20H32N4O2/c1-13-11-23(18-7-3-2-6-17(13)18)20-22-21-19(14-9-15(25)10-14)24(20)12-16-5-4-8-26-16/h13-18,25H,2-12H2,1H3. The molecule has 0 radical (unpaired) electrons. The maximum Gasteiger partial charge on any atom is 0.227 e. The third-order valence-corrected chi connectivity index (χ3v) is 7.30. The number of aromatic nitrogens is 3. The van der Waals surface area contributed by atoms with E-state index in [9.17, 15) is 5.11 Å². The van der Waals surface area contributed by atoms with E-state index in [4.69, 9.17) is 9.84 Å². The maximum atomic E-state index is 9.77. The van der Waals surface area contributed by atoms with Crippen molar-refractivity contribution in [3.05, 3.63) is 5.82 Å². The van der Waals surface area contributed by atoms with Crippen molar-refractivity contribution in [3.63, 3.8) is 0 Å². The Morgan fingerprint density at radius 1 is 1.12 bits per heavy atom. The monoisotopic (exact) mass is 360 g/mol. The first-order valence-corrected chi connectivity index (χ1v) is 10.7. The zero-order valence-electron chi connectivity index (χ0n) is 15.9. The van der Waals surface area contributed by atoms with Crippen LogP contribution in [-0.4, -0.2) is 51.3 Å². The van der Waals surface area contributed by atoms with E-state index in [1.165, 1.54) is 25.7 Å². The van der Waals surface area contributed by atoms with Gasteiger partial charge >= 0.3 is 0 Å². The Morgan fingerprint density at radius 3 is 2.73 bits per heavy atom. The van der Waals surface area contributed by atoms with Gasteiger partial charge in [0.2, 0.25) is 5.95 Å². The Labute approximate surface area is 155 Å². The SMILES string of the molecule is CC1CN(c2nnc(C3CC(O)C3)n2CC2CCCO2)C2CCCCC12. The van der Waals surface area contributed by atoms with E-state index < -0.39 is 0 Å². The van der Waals surface area contributed by atoms with Gasteiger partial charge in [-0.05, 0) is 50.4 Å². The predicted octanol–water partition coefficient (Wildman–Crippen LogP) is 2.71. The van der Waals surface area contributed by atoms with Crippen molar-refractivity contribution >= 4 is 5.95 Å². The second-order valence-corrected chi connectivity index (χ2v) is 9.07. The average Bonchev–Trinajstić information content (AvgIpc) is 3.33. The van der Waals surface area contributed by atoms with Crippen molar-refractivity contribution in [2.24, 2.45) is 11.8 Å². The van der Waals surface area contributed by atoms with E-state index in [1.807, 2.05) is 0 Å². The second kappa shape index (κ2) is 6.79. The van der Waals surface area contributed by atoms with Gasteiger partial charge in [-0.1, -0.05) is 19.8 Å². The Balaban J connectivity index is 1.45. The van der Waals surface area contributed by atoms with Gasteiger partial charge in [0, 0.05) is 25.1 Å². The molecule has 6 heteroatoms. The first-order chi connectivity index (χ1) is 12.7. The number of anilines is 1. The minimum atomic E-state index is -0.161. The number of hydrogen-bond donors (Lipinski definition) is 1. The fourth-order valence-electron chi connectivity index (χ4n) is 5.79. The molecule has 2 aliphatic heterocycles. The van der Waals surface area contributed by atoms with E-state index in [2.05, 4.69) is 21.5 Å². The molecule has 0 spiro atoms. The minimum Gasteiger partial charge on any atom is -0.393 e. The lowest BCUT2D eigenvalue weighted by molar-refractivity contribution is 0.0666. The van der Waals surface area contributed by atoms with Crippen LogP contribution in [0.15, 0.2) is 0 Å². The molecule has 0 aromatic carbocycles. The number of nitrogens with zero attached hydrogens (tertiary/aromatic N) is 4. The van der Waals surface area contributed by atoms with Gasteiger partial charge in [-0.3, -0.25) is 4.57 Å². The molecule has 1 N–H and O–H groups in total. The normalized spacial score (nSPS) is 39.8. The van der Waals surface area contributed by atoms with Gasteiger partial charge < -0.3 is 14.7 Å². The summed E-state index contributed by atoms with van der Waals surface area (Å²) in [5, 5.41) is 19.1. The van der Waals surface area contributed by atoms with Crippen molar-refractivity contribution in [2.75, 3.05) is 18.1 Å². The number of hydrogen-bond acceptors (Lipinski definition) is 5. The third kappa shape index (κ3) is 2.85. The van der Waals surface area contributed by atoms with Gasteiger partial charge in [0.15, 0.2) is 0 Å². The first kappa shape index (κ1) is 17.0. The lowest BCUT2D eigenvalue weighted by Crippen LogP contribution is -2.37. The second-order valence-electron chi connectivity index (χ2n) is 9.07. The summed E-state index contributed by atoms with van der Waals surface area (Å²) in [6.07, 6.45) is 9.44. The maximum absolute atomic E-state index is 9.77. The van der Waals surface area contributed by atoms with E-state index in [0.717, 1.165) is 69.0 Å². The van der Waals surface area contributed by atoms with Gasteiger partial charge in [0.05, 0.1) is 18.8 Å². The van der Waals surface area contributed by atoms with Gasteiger partial charge in [-0.2, -0.15) is 0 Å². The smallest absolute Gasteiger partial charge is 0.227 e. The number of aliphatic hydroxyl groups is 1. The molecular weight excluding hydrogens is 328 g/mol. The van der Waals surface area contributed by atoms with Crippen LogP contribution in [-0.2, 0) is 11.3 Å². The van der Waals surface area contributed by atoms with Crippen LogP contribution in [0.4, 0.5) is 5.95 Å². The Morgan fingerprint density at radius 2 is 1.96 bits per heavy atom. The fourth-order valence-corrected chi connectivity index (χ4v) is 5.79. The predicted molar refractivity (Wildman–Crippen MR) is 99.2 cm³/mol. The molecule has 4 fully saturated rings. The molecule has 26 heavy (non-hydrogen) atoms. The number of fused-ring (bicyclic) bond motifs is 1. The van der Waals surface area contributed by atoms with Crippen LogP contribution in [0.1, 0.15) is 70.0 Å². The quantitative estimate of drug-likeness (QED) is 0.894. The molecule has 2 saturated heterocycles. The highest BCUT2D eigenvalue weighted by molar-refractivity contribution is 5.37. The summed E-state index contributed by atoms with van der Waals surface area (Å²) in [6.45, 7) is 5.26. The van der Waals surface area contributed by atoms with Crippen molar-refractivity contribution in [1.82, 2.24) is 14.8 Å². The van der Waals surface area contributed by atoms with Gasteiger partial charge in [0.1, 0.15) is 5.82 Å². The number of rotatable bonds is 4. The van der Waals surface area contributed by atoms with Crippen LogP contribution < -0.4 is 4.90 Å². The van der Waals surface area contributed by atoms with Crippen LogP contribution >= 0.6 is 0 Å². The van der Waals surface area contributed by atoms with Gasteiger partial charge in [0.25, 0.3) is 0 Å². The molecule has 4 aliphatic rings. The van der Waals surface area contributed by atoms with E-state index in [-0.39, 0.29) is 12.2 Å². The Kier molecular flexibility index (Phi) is 4.44. The van der Waals surface area contributed by atoms with Crippen molar-refractivity contribution in [1.29, 1.82) is 0 Å². The van der Waals surface area contributed by atoms with Gasteiger partial charge in [-0.25, -0.2) is 0 Å². The molecule has 3 heterocycles. The first-order valence-electron chi connectivity index (χ1n) is 10.7.